The highest BCUT2D eigenvalue weighted by Crippen LogP contribution is 2.17. The first-order chi connectivity index (χ1) is 7.56. The maximum atomic E-state index is 10.7. The molecule has 7 heteroatoms. The highest BCUT2D eigenvalue weighted by atomic mass is 16.4. The SMILES string of the molecule is NC(N)=Nc1nc2ccc(C(=O)O)cc2[nH]1. The van der Waals surface area contributed by atoms with Gasteiger partial charge < -0.3 is 21.6 Å². The third kappa shape index (κ3) is 1.78. The van der Waals surface area contributed by atoms with E-state index in [4.69, 9.17) is 16.6 Å². The monoisotopic (exact) mass is 219 g/mol. The van der Waals surface area contributed by atoms with Gasteiger partial charge in [-0.25, -0.2) is 9.78 Å². The predicted molar refractivity (Wildman–Crippen MR) is 58.5 cm³/mol. The lowest BCUT2D eigenvalue weighted by Crippen LogP contribution is -2.22. The Balaban J connectivity index is 2.54. The maximum absolute atomic E-state index is 10.7. The molecule has 0 aliphatic rings. The van der Waals surface area contributed by atoms with Crippen LogP contribution in [0.15, 0.2) is 23.2 Å². The zero-order valence-electron chi connectivity index (χ0n) is 8.14. The van der Waals surface area contributed by atoms with Crippen molar-refractivity contribution in [2.24, 2.45) is 16.5 Å². The van der Waals surface area contributed by atoms with Crippen LogP contribution in [0.5, 0.6) is 0 Å². The van der Waals surface area contributed by atoms with Crippen molar-refractivity contribution in [1.29, 1.82) is 0 Å². The normalized spacial score (nSPS) is 10.2. The third-order valence-electron chi connectivity index (χ3n) is 1.95. The number of carbonyl (C=O) groups is 1. The molecule has 0 bridgehead atoms. The van der Waals surface area contributed by atoms with E-state index in [-0.39, 0.29) is 17.5 Å². The minimum Gasteiger partial charge on any atom is -0.478 e. The van der Waals surface area contributed by atoms with Gasteiger partial charge >= 0.3 is 5.97 Å². The number of fused-ring (bicyclic) bond motifs is 1. The van der Waals surface area contributed by atoms with E-state index in [9.17, 15) is 4.79 Å². The molecule has 82 valence electrons. The summed E-state index contributed by atoms with van der Waals surface area (Å²) in [6.07, 6.45) is 0. The number of guanidine groups is 1. The summed E-state index contributed by atoms with van der Waals surface area (Å²) >= 11 is 0. The summed E-state index contributed by atoms with van der Waals surface area (Å²) in [4.78, 5) is 21.3. The summed E-state index contributed by atoms with van der Waals surface area (Å²) in [7, 11) is 0. The number of aromatic amines is 1. The summed E-state index contributed by atoms with van der Waals surface area (Å²) in [6.45, 7) is 0. The molecule has 0 aliphatic heterocycles. The number of nitrogens with zero attached hydrogens (tertiary/aromatic N) is 2. The summed E-state index contributed by atoms with van der Waals surface area (Å²) in [5.74, 6) is -0.866. The minimum absolute atomic E-state index is 0.113. The van der Waals surface area contributed by atoms with Crippen molar-refractivity contribution in [3.63, 3.8) is 0 Å². The Labute approximate surface area is 89.8 Å². The van der Waals surface area contributed by atoms with Gasteiger partial charge in [0.05, 0.1) is 16.6 Å². The zero-order valence-corrected chi connectivity index (χ0v) is 8.14. The highest BCUT2D eigenvalue weighted by Gasteiger charge is 2.06. The molecule has 1 heterocycles. The number of nitrogens with two attached hydrogens (primary N) is 2. The van der Waals surface area contributed by atoms with Crippen molar-refractivity contribution in [3.05, 3.63) is 23.8 Å². The van der Waals surface area contributed by atoms with Gasteiger partial charge in [0.1, 0.15) is 0 Å². The van der Waals surface area contributed by atoms with Crippen molar-refractivity contribution in [2.75, 3.05) is 0 Å². The second kappa shape index (κ2) is 3.54. The first-order valence-corrected chi connectivity index (χ1v) is 4.39. The molecule has 0 saturated heterocycles. The average Bonchev–Trinajstić information content (AvgIpc) is 2.56. The van der Waals surface area contributed by atoms with Crippen molar-refractivity contribution >= 4 is 28.9 Å². The van der Waals surface area contributed by atoms with Crippen molar-refractivity contribution in [3.8, 4) is 0 Å². The number of nitrogens with one attached hydrogen (secondary N) is 1. The summed E-state index contributed by atoms with van der Waals surface area (Å²) in [6, 6.07) is 4.52. The number of aliphatic imine (C=N–C) groups is 1. The van der Waals surface area contributed by atoms with E-state index in [2.05, 4.69) is 15.0 Å². The summed E-state index contributed by atoms with van der Waals surface area (Å²) in [5.41, 5.74) is 11.7. The Morgan fingerprint density at radius 1 is 1.44 bits per heavy atom. The van der Waals surface area contributed by atoms with Gasteiger partial charge in [-0.15, -0.1) is 0 Å². The fraction of sp³-hybridized carbons (Fsp3) is 0. The molecule has 7 nitrogen and oxygen atoms in total. The molecule has 0 aliphatic carbocycles. The van der Waals surface area contributed by atoms with Gasteiger partial charge in [-0.2, -0.15) is 4.99 Å². The molecule has 0 amide bonds. The fourth-order valence-corrected chi connectivity index (χ4v) is 1.30. The van der Waals surface area contributed by atoms with E-state index in [1.165, 1.54) is 12.1 Å². The van der Waals surface area contributed by atoms with E-state index in [1.807, 2.05) is 0 Å². The van der Waals surface area contributed by atoms with E-state index in [0.29, 0.717) is 11.0 Å². The first-order valence-electron chi connectivity index (χ1n) is 4.39. The maximum Gasteiger partial charge on any atom is 0.335 e. The number of carboxylic acid groups (broad SMARTS) is 1. The Bertz CT molecular complexity index is 583. The number of rotatable bonds is 2. The number of H-pyrrole nitrogens is 1. The second-order valence-electron chi connectivity index (χ2n) is 3.13. The molecule has 16 heavy (non-hydrogen) atoms. The van der Waals surface area contributed by atoms with Crippen LogP contribution in [0.1, 0.15) is 10.4 Å². The molecule has 0 fully saturated rings. The number of imidazole rings is 1. The minimum atomic E-state index is -1.00. The topological polar surface area (TPSA) is 130 Å². The third-order valence-corrected chi connectivity index (χ3v) is 1.95. The smallest absolute Gasteiger partial charge is 0.335 e. The molecule has 2 rings (SSSR count). The molecule has 0 atom stereocenters. The lowest BCUT2D eigenvalue weighted by molar-refractivity contribution is 0.0697. The summed E-state index contributed by atoms with van der Waals surface area (Å²) in [5, 5.41) is 8.79. The molecule has 6 N–H and O–H groups in total. The molecule has 1 aromatic carbocycles. The first kappa shape index (κ1) is 9.97. The Kier molecular flexibility index (Phi) is 2.20. The molecular weight excluding hydrogens is 210 g/mol. The number of hydrogen-bond acceptors (Lipinski definition) is 3. The van der Waals surface area contributed by atoms with Gasteiger partial charge in [-0.3, -0.25) is 0 Å². The van der Waals surface area contributed by atoms with Gasteiger partial charge in [0.15, 0.2) is 5.96 Å². The predicted octanol–water partition coefficient (Wildman–Crippen LogP) is 0.166. The van der Waals surface area contributed by atoms with Crippen molar-refractivity contribution in [2.45, 2.75) is 0 Å². The highest BCUT2D eigenvalue weighted by molar-refractivity contribution is 5.92. The molecule has 0 unspecified atom stereocenters. The number of aromatic nitrogens is 2. The summed E-state index contributed by atoms with van der Waals surface area (Å²) < 4.78 is 0. The van der Waals surface area contributed by atoms with Gasteiger partial charge in [-0.05, 0) is 18.2 Å². The van der Waals surface area contributed by atoms with Crippen LogP contribution in [0.4, 0.5) is 5.95 Å². The van der Waals surface area contributed by atoms with Gasteiger partial charge in [0.2, 0.25) is 5.95 Å². The Hall–Kier alpha value is -2.57. The van der Waals surface area contributed by atoms with Crippen LogP contribution in [0.2, 0.25) is 0 Å². The van der Waals surface area contributed by atoms with Crippen LogP contribution in [0.25, 0.3) is 11.0 Å². The fourth-order valence-electron chi connectivity index (χ4n) is 1.30. The van der Waals surface area contributed by atoms with Crippen LogP contribution in [-0.2, 0) is 0 Å². The average molecular weight is 219 g/mol. The van der Waals surface area contributed by atoms with E-state index >= 15 is 0 Å². The Morgan fingerprint density at radius 3 is 2.81 bits per heavy atom. The molecule has 1 aromatic heterocycles. The molecule has 0 radical (unpaired) electrons. The number of carboxylic acids is 1. The van der Waals surface area contributed by atoms with Crippen LogP contribution in [-0.4, -0.2) is 27.0 Å². The number of benzene rings is 1. The molecule has 0 saturated carbocycles. The van der Waals surface area contributed by atoms with Gasteiger partial charge in [0.25, 0.3) is 0 Å². The lowest BCUT2D eigenvalue weighted by Gasteiger charge is -1.92. The molecular formula is C9H9N5O2. The van der Waals surface area contributed by atoms with Crippen LogP contribution in [0, 0.1) is 0 Å². The standard InChI is InChI=1S/C9H9N5O2/c10-8(11)14-9-12-5-2-1-4(7(15)16)3-6(5)13-9/h1-3H,(H,15,16)(H5,10,11,12,13,14). The molecule has 2 aromatic rings. The zero-order chi connectivity index (χ0) is 11.7. The van der Waals surface area contributed by atoms with E-state index in [0.717, 1.165) is 0 Å². The second-order valence-corrected chi connectivity index (χ2v) is 3.13. The molecule has 0 spiro atoms. The Morgan fingerprint density at radius 2 is 2.19 bits per heavy atom. The van der Waals surface area contributed by atoms with E-state index < -0.39 is 5.97 Å². The van der Waals surface area contributed by atoms with Crippen LogP contribution >= 0.6 is 0 Å². The van der Waals surface area contributed by atoms with Gasteiger partial charge in [0, 0.05) is 0 Å². The number of aromatic carboxylic acids is 1. The van der Waals surface area contributed by atoms with E-state index in [1.54, 1.807) is 6.07 Å². The quantitative estimate of drug-likeness (QED) is 0.422. The van der Waals surface area contributed by atoms with Gasteiger partial charge in [-0.1, -0.05) is 0 Å². The van der Waals surface area contributed by atoms with Crippen LogP contribution < -0.4 is 11.5 Å². The van der Waals surface area contributed by atoms with Crippen molar-refractivity contribution < 1.29 is 9.90 Å². The van der Waals surface area contributed by atoms with Crippen LogP contribution in [0.3, 0.4) is 0 Å². The number of hydrogen-bond donors (Lipinski definition) is 4. The largest absolute Gasteiger partial charge is 0.478 e. The lowest BCUT2D eigenvalue weighted by atomic mass is 10.2. The van der Waals surface area contributed by atoms with Crippen molar-refractivity contribution in [1.82, 2.24) is 9.97 Å².